The fraction of sp³-hybridized carbons (Fsp3) is 0.667. The molecule has 2 aliphatic carbocycles. The first-order valence-electron chi connectivity index (χ1n) is 9.74. The fourth-order valence-electron chi connectivity index (χ4n) is 6.17. The van der Waals surface area contributed by atoms with Crippen LogP contribution in [-0.2, 0) is 23.9 Å². The van der Waals surface area contributed by atoms with Gasteiger partial charge in [-0.25, -0.2) is 0 Å². The molecule has 0 spiro atoms. The van der Waals surface area contributed by atoms with Crippen LogP contribution in [0.2, 0.25) is 0 Å². The number of aliphatic hydroxyl groups is 1. The van der Waals surface area contributed by atoms with Gasteiger partial charge in [-0.15, -0.1) is 0 Å². The van der Waals surface area contributed by atoms with Crippen LogP contribution in [0.1, 0.15) is 51.2 Å². The number of fused-ring (bicyclic) bond motifs is 3. The van der Waals surface area contributed by atoms with Crippen molar-refractivity contribution in [3.8, 4) is 0 Å². The lowest BCUT2D eigenvalue weighted by atomic mass is 9.43. The summed E-state index contributed by atoms with van der Waals surface area (Å²) in [6.45, 7) is 3.86. The van der Waals surface area contributed by atoms with Crippen molar-refractivity contribution in [1.29, 1.82) is 0 Å². The lowest BCUT2D eigenvalue weighted by Gasteiger charge is -2.60. The summed E-state index contributed by atoms with van der Waals surface area (Å²) in [7, 11) is 1.32. The SMILES string of the molecule is COC(=O)C1C[C@H](O)C(=O)C2[C@@]1(C)CCC1C(=O)O[C@H](c3ccoc3)C[C@@]12C. The highest BCUT2D eigenvalue weighted by molar-refractivity contribution is 5.91. The van der Waals surface area contributed by atoms with Crippen molar-refractivity contribution in [3.63, 3.8) is 0 Å². The van der Waals surface area contributed by atoms with Gasteiger partial charge in [0.1, 0.15) is 12.2 Å². The number of ether oxygens (including phenoxy) is 2. The second kappa shape index (κ2) is 6.44. The molecule has 1 aliphatic heterocycles. The Morgan fingerprint density at radius 1 is 1.29 bits per heavy atom. The maximum atomic E-state index is 13.2. The number of cyclic esters (lactones) is 1. The van der Waals surface area contributed by atoms with E-state index in [1.165, 1.54) is 13.4 Å². The molecule has 1 aromatic rings. The van der Waals surface area contributed by atoms with Gasteiger partial charge < -0.3 is 19.0 Å². The van der Waals surface area contributed by atoms with Crippen LogP contribution >= 0.6 is 0 Å². The summed E-state index contributed by atoms with van der Waals surface area (Å²) in [6, 6.07) is 1.75. The number of Topliss-reactive ketones (excluding diaryl/α,β-unsaturated/α-hetero) is 1. The van der Waals surface area contributed by atoms with E-state index < -0.39 is 46.8 Å². The van der Waals surface area contributed by atoms with Crippen molar-refractivity contribution < 1.29 is 33.4 Å². The summed E-state index contributed by atoms with van der Waals surface area (Å²) >= 11 is 0. The van der Waals surface area contributed by atoms with E-state index in [1.807, 2.05) is 13.8 Å². The molecule has 7 heteroatoms. The van der Waals surface area contributed by atoms with Crippen molar-refractivity contribution >= 4 is 17.7 Å². The number of carbonyl (C=O) groups excluding carboxylic acids is 3. The molecular weight excluding hydrogens is 364 g/mol. The monoisotopic (exact) mass is 390 g/mol. The third-order valence-corrected chi connectivity index (χ3v) is 7.52. The van der Waals surface area contributed by atoms with E-state index >= 15 is 0 Å². The molecule has 1 N–H and O–H groups in total. The van der Waals surface area contributed by atoms with Gasteiger partial charge in [0.05, 0.1) is 31.5 Å². The van der Waals surface area contributed by atoms with E-state index in [2.05, 4.69) is 0 Å². The van der Waals surface area contributed by atoms with Crippen LogP contribution < -0.4 is 0 Å². The van der Waals surface area contributed by atoms with Crippen molar-refractivity contribution in [2.24, 2.45) is 28.6 Å². The third kappa shape index (κ3) is 2.55. The molecule has 7 atom stereocenters. The zero-order valence-electron chi connectivity index (χ0n) is 16.3. The molecule has 3 unspecified atom stereocenters. The predicted octanol–water partition coefficient (Wildman–Crippen LogP) is 2.43. The van der Waals surface area contributed by atoms with Gasteiger partial charge in [-0.05, 0) is 42.6 Å². The van der Waals surface area contributed by atoms with Gasteiger partial charge in [0.15, 0.2) is 5.78 Å². The molecule has 4 rings (SSSR count). The molecular formula is C21H26O7. The fourth-order valence-corrected chi connectivity index (χ4v) is 6.17. The Labute approximate surface area is 163 Å². The molecule has 2 heterocycles. The highest BCUT2D eigenvalue weighted by Crippen LogP contribution is 2.64. The molecule has 0 radical (unpaired) electrons. The highest BCUT2D eigenvalue weighted by Gasteiger charge is 2.67. The minimum atomic E-state index is -1.23. The third-order valence-electron chi connectivity index (χ3n) is 7.52. The second-order valence-electron chi connectivity index (χ2n) is 8.95. The van der Waals surface area contributed by atoms with E-state index in [0.29, 0.717) is 19.3 Å². The van der Waals surface area contributed by atoms with Crippen molar-refractivity contribution in [1.82, 2.24) is 0 Å². The Bertz CT molecular complexity index is 800. The number of methoxy groups -OCH3 is 1. The van der Waals surface area contributed by atoms with Gasteiger partial charge in [0.25, 0.3) is 0 Å². The van der Waals surface area contributed by atoms with Crippen molar-refractivity contribution in [2.45, 2.75) is 51.7 Å². The van der Waals surface area contributed by atoms with E-state index in [1.54, 1.807) is 12.3 Å². The van der Waals surface area contributed by atoms with Crippen molar-refractivity contribution in [2.75, 3.05) is 7.11 Å². The molecule has 152 valence electrons. The van der Waals surface area contributed by atoms with E-state index in [-0.39, 0.29) is 18.2 Å². The van der Waals surface area contributed by atoms with Crippen LogP contribution in [0, 0.1) is 28.6 Å². The Morgan fingerprint density at radius 3 is 2.68 bits per heavy atom. The van der Waals surface area contributed by atoms with Crippen LogP contribution in [0.25, 0.3) is 0 Å². The topological polar surface area (TPSA) is 103 Å². The zero-order valence-corrected chi connectivity index (χ0v) is 16.3. The lowest BCUT2D eigenvalue weighted by molar-refractivity contribution is -0.207. The Hall–Kier alpha value is -2.15. The smallest absolute Gasteiger partial charge is 0.310 e. The standard InChI is InChI=1S/C21H26O7/c1-20-6-4-12-19(25)28-15(11-5-7-27-10-11)9-21(12,2)17(20)16(23)14(22)8-13(20)18(24)26-3/h5,7,10,12-15,17,22H,4,6,8-9H2,1-3H3/t12?,13?,14-,15-,17?,20-,21-/m0/s1. The predicted molar refractivity (Wildman–Crippen MR) is 95.7 cm³/mol. The molecule has 3 fully saturated rings. The number of rotatable bonds is 2. The summed E-state index contributed by atoms with van der Waals surface area (Å²) < 4.78 is 15.8. The molecule has 28 heavy (non-hydrogen) atoms. The largest absolute Gasteiger partial charge is 0.472 e. The first-order chi connectivity index (χ1) is 13.2. The Morgan fingerprint density at radius 2 is 2.04 bits per heavy atom. The summed E-state index contributed by atoms with van der Waals surface area (Å²) in [4.78, 5) is 38.6. The number of aliphatic hydroxyl groups excluding tert-OH is 1. The molecule has 1 saturated heterocycles. The second-order valence-corrected chi connectivity index (χ2v) is 8.95. The molecule has 0 bridgehead atoms. The molecule has 2 saturated carbocycles. The first kappa shape index (κ1) is 19.2. The van der Waals surface area contributed by atoms with Gasteiger partial charge in [-0.1, -0.05) is 13.8 Å². The quantitative estimate of drug-likeness (QED) is 0.774. The summed E-state index contributed by atoms with van der Waals surface area (Å²) in [5, 5.41) is 10.5. The van der Waals surface area contributed by atoms with Crippen LogP contribution in [0.15, 0.2) is 23.0 Å². The first-order valence-corrected chi connectivity index (χ1v) is 9.74. The lowest BCUT2D eigenvalue weighted by Crippen LogP contribution is -2.64. The van der Waals surface area contributed by atoms with Crippen LogP contribution in [-0.4, -0.2) is 36.0 Å². The molecule has 0 amide bonds. The minimum absolute atomic E-state index is 0.0643. The molecule has 0 aromatic carbocycles. The highest BCUT2D eigenvalue weighted by atomic mass is 16.5. The zero-order chi connectivity index (χ0) is 20.3. The minimum Gasteiger partial charge on any atom is -0.472 e. The van der Waals surface area contributed by atoms with Gasteiger partial charge >= 0.3 is 11.9 Å². The normalized spacial score (nSPS) is 42.9. The van der Waals surface area contributed by atoms with Crippen LogP contribution in [0.3, 0.4) is 0 Å². The number of ketones is 1. The Balaban J connectivity index is 1.79. The van der Waals surface area contributed by atoms with E-state index in [4.69, 9.17) is 13.9 Å². The average Bonchev–Trinajstić information content (AvgIpc) is 3.18. The maximum absolute atomic E-state index is 13.2. The molecule has 3 aliphatic rings. The molecule has 7 nitrogen and oxygen atoms in total. The van der Waals surface area contributed by atoms with Gasteiger partial charge in [0.2, 0.25) is 0 Å². The van der Waals surface area contributed by atoms with E-state index in [0.717, 1.165) is 5.56 Å². The number of carbonyl (C=O) groups is 3. The van der Waals surface area contributed by atoms with Crippen LogP contribution in [0.4, 0.5) is 0 Å². The summed E-state index contributed by atoms with van der Waals surface area (Å²) in [6.07, 6.45) is 2.88. The maximum Gasteiger partial charge on any atom is 0.310 e. The Kier molecular flexibility index (Phi) is 4.41. The van der Waals surface area contributed by atoms with Gasteiger partial charge in [0, 0.05) is 11.5 Å². The van der Waals surface area contributed by atoms with Gasteiger partial charge in [-0.3, -0.25) is 14.4 Å². The van der Waals surface area contributed by atoms with Crippen molar-refractivity contribution in [3.05, 3.63) is 24.2 Å². The average molecular weight is 390 g/mol. The van der Waals surface area contributed by atoms with E-state index in [9.17, 15) is 19.5 Å². The number of hydrogen-bond donors (Lipinski definition) is 1. The summed E-state index contributed by atoms with van der Waals surface area (Å²) in [5.41, 5.74) is -0.656. The number of esters is 2. The van der Waals surface area contributed by atoms with Crippen LogP contribution in [0.5, 0.6) is 0 Å². The molecule has 1 aromatic heterocycles. The number of furan rings is 1. The summed E-state index contributed by atoms with van der Waals surface area (Å²) in [5.74, 6) is -2.68. The van der Waals surface area contributed by atoms with Gasteiger partial charge in [-0.2, -0.15) is 0 Å². The number of hydrogen-bond acceptors (Lipinski definition) is 7.